The molecule has 0 bridgehead atoms. The van der Waals surface area contributed by atoms with Crippen LogP contribution in [0.1, 0.15) is 48.7 Å². The average molecular weight is 660 g/mol. The van der Waals surface area contributed by atoms with Crippen LogP contribution in [0, 0.1) is 12.7 Å². The zero-order valence-electron chi connectivity index (χ0n) is 26.4. The Hall–Kier alpha value is -4.69. The number of nitrogens with two attached hydrogens (primary N) is 1. The van der Waals surface area contributed by atoms with Gasteiger partial charge in [-0.3, -0.25) is 9.59 Å². The molecule has 14 heteroatoms. The van der Waals surface area contributed by atoms with Crippen molar-refractivity contribution in [1.82, 2.24) is 15.1 Å². The van der Waals surface area contributed by atoms with Crippen molar-refractivity contribution in [2.75, 3.05) is 19.0 Å². The van der Waals surface area contributed by atoms with Gasteiger partial charge in [-0.2, -0.15) is 18.3 Å². The maximum Gasteiger partial charge on any atom is 0.418 e. The van der Waals surface area contributed by atoms with E-state index in [0.717, 1.165) is 12.1 Å². The lowest BCUT2D eigenvalue weighted by atomic mass is 9.74. The summed E-state index contributed by atoms with van der Waals surface area (Å²) in [5, 5.41) is 30.9. The second kappa shape index (κ2) is 13.2. The van der Waals surface area contributed by atoms with Gasteiger partial charge in [0.2, 0.25) is 5.91 Å². The number of carbonyl (C=O) groups is 2. The van der Waals surface area contributed by atoms with Crippen LogP contribution in [0.5, 0.6) is 5.75 Å². The topological polar surface area (TPSA) is 152 Å². The predicted octanol–water partition coefficient (Wildman–Crippen LogP) is 4.52. The lowest BCUT2D eigenvalue weighted by Gasteiger charge is -2.38. The number of ether oxygens (including phenoxy) is 1. The molecule has 0 saturated carbocycles. The fraction of sp³-hybridized carbons (Fsp3) is 0.364. The summed E-state index contributed by atoms with van der Waals surface area (Å²) in [7, 11) is 1.33. The minimum Gasteiger partial charge on any atom is -0.496 e. The molecule has 3 aromatic carbocycles. The molecule has 0 aliphatic rings. The standard InChI is InChI=1S/C33H37F4N5O5/c1-18-11-25(39-17-32(46,33(35,36)37)16-31(3,4)24-14-21(34)9-10-27(24)47-5)23-15-40-42(26(23)12-18)22-8-6-7-20(13-22)30(45)41-28(19(2)43)29(38)44/h6-15,19,28,39,43,46H,16-17H2,1-5H3,(H2,38,44)(H,41,45). The first-order valence-corrected chi connectivity index (χ1v) is 14.6. The molecule has 6 N–H and O–H groups in total. The number of benzene rings is 3. The summed E-state index contributed by atoms with van der Waals surface area (Å²) in [6.07, 6.45) is -5.67. The van der Waals surface area contributed by atoms with Crippen LogP contribution in [0.15, 0.2) is 60.8 Å². The molecule has 0 spiro atoms. The van der Waals surface area contributed by atoms with Gasteiger partial charge in [0, 0.05) is 22.2 Å². The predicted molar refractivity (Wildman–Crippen MR) is 168 cm³/mol. The number of nitrogens with zero attached hydrogens (tertiary/aromatic N) is 2. The van der Waals surface area contributed by atoms with Crippen LogP contribution in [0.3, 0.4) is 0 Å². The van der Waals surface area contributed by atoms with E-state index in [4.69, 9.17) is 10.5 Å². The third kappa shape index (κ3) is 7.49. The molecule has 3 atom stereocenters. The highest BCUT2D eigenvalue weighted by molar-refractivity contribution is 5.98. The number of amides is 2. The number of aromatic nitrogens is 2. The Morgan fingerprint density at radius 1 is 1.11 bits per heavy atom. The van der Waals surface area contributed by atoms with E-state index in [1.807, 2.05) is 0 Å². The number of primary amides is 1. The molecule has 0 aliphatic carbocycles. The van der Waals surface area contributed by atoms with E-state index in [-0.39, 0.29) is 22.6 Å². The summed E-state index contributed by atoms with van der Waals surface area (Å²) in [5.41, 5.74) is 2.83. The van der Waals surface area contributed by atoms with Gasteiger partial charge in [0.05, 0.1) is 37.2 Å². The summed E-state index contributed by atoms with van der Waals surface area (Å²) in [6, 6.07) is 11.8. The first kappa shape index (κ1) is 35.2. The molecule has 252 valence electrons. The van der Waals surface area contributed by atoms with Crippen molar-refractivity contribution in [2.45, 2.75) is 63.5 Å². The first-order valence-electron chi connectivity index (χ1n) is 14.6. The molecule has 4 aromatic rings. The fourth-order valence-electron chi connectivity index (χ4n) is 5.59. The number of carbonyl (C=O) groups excluding carboxylic acids is 2. The molecule has 2 amide bonds. The molecule has 0 radical (unpaired) electrons. The second-order valence-electron chi connectivity index (χ2n) is 12.2. The molecule has 1 heterocycles. The van der Waals surface area contributed by atoms with Gasteiger partial charge in [-0.15, -0.1) is 0 Å². The number of halogens is 4. The van der Waals surface area contributed by atoms with Gasteiger partial charge < -0.3 is 31.3 Å². The van der Waals surface area contributed by atoms with E-state index >= 15 is 0 Å². The van der Waals surface area contributed by atoms with Crippen molar-refractivity contribution in [3.63, 3.8) is 0 Å². The van der Waals surface area contributed by atoms with Crippen molar-refractivity contribution < 1.29 is 42.1 Å². The zero-order valence-corrected chi connectivity index (χ0v) is 26.4. The number of aryl methyl sites for hydroxylation is 1. The number of alkyl halides is 3. The Kier molecular flexibility index (Phi) is 9.88. The third-order valence-corrected chi connectivity index (χ3v) is 7.99. The largest absolute Gasteiger partial charge is 0.496 e. The maximum atomic E-state index is 14.5. The van der Waals surface area contributed by atoms with Gasteiger partial charge in [-0.25, -0.2) is 9.07 Å². The number of rotatable bonds is 12. The Morgan fingerprint density at radius 3 is 2.43 bits per heavy atom. The SMILES string of the molecule is COc1ccc(F)cc1C(C)(C)CC(O)(CNc1cc(C)cc2c1cnn2-c1cccc(C(=O)NC(C(N)=O)C(C)O)c1)C(F)(F)F. The zero-order chi connectivity index (χ0) is 34.9. The third-order valence-electron chi connectivity index (χ3n) is 7.99. The summed E-state index contributed by atoms with van der Waals surface area (Å²) >= 11 is 0. The summed E-state index contributed by atoms with van der Waals surface area (Å²) < 4.78 is 64.4. The van der Waals surface area contributed by atoms with Crippen LogP contribution in [0.25, 0.3) is 16.6 Å². The van der Waals surface area contributed by atoms with Crippen LogP contribution >= 0.6 is 0 Å². The number of methoxy groups -OCH3 is 1. The molecule has 10 nitrogen and oxygen atoms in total. The number of fused-ring (bicyclic) bond motifs is 1. The van der Waals surface area contributed by atoms with Gasteiger partial charge in [0.25, 0.3) is 5.91 Å². The normalized spacial score (nSPS) is 14.7. The van der Waals surface area contributed by atoms with Crippen molar-refractivity contribution in [1.29, 1.82) is 0 Å². The fourth-order valence-corrected chi connectivity index (χ4v) is 5.59. The van der Waals surface area contributed by atoms with Gasteiger partial charge in [0.1, 0.15) is 17.6 Å². The Balaban J connectivity index is 1.65. The average Bonchev–Trinajstić information content (AvgIpc) is 3.41. The van der Waals surface area contributed by atoms with Gasteiger partial charge >= 0.3 is 6.18 Å². The van der Waals surface area contributed by atoms with Gasteiger partial charge in [-0.05, 0) is 79.8 Å². The highest BCUT2D eigenvalue weighted by atomic mass is 19.4. The van der Waals surface area contributed by atoms with Crippen LogP contribution in [0.4, 0.5) is 23.2 Å². The highest BCUT2D eigenvalue weighted by Gasteiger charge is 2.56. The van der Waals surface area contributed by atoms with E-state index in [2.05, 4.69) is 15.7 Å². The molecule has 0 aliphatic heterocycles. The van der Waals surface area contributed by atoms with E-state index in [0.29, 0.717) is 22.2 Å². The lowest BCUT2D eigenvalue weighted by molar-refractivity contribution is -0.260. The number of nitrogens with one attached hydrogen (secondary N) is 2. The highest BCUT2D eigenvalue weighted by Crippen LogP contribution is 2.44. The molecular weight excluding hydrogens is 622 g/mol. The lowest BCUT2D eigenvalue weighted by Crippen LogP contribution is -2.53. The minimum atomic E-state index is -5.06. The number of anilines is 1. The molecule has 3 unspecified atom stereocenters. The van der Waals surface area contributed by atoms with Crippen LogP contribution in [-0.2, 0) is 10.2 Å². The van der Waals surface area contributed by atoms with Gasteiger partial charge in [0.15, 0.2) is 5.60 Å². The van der Waals surface area contributed by atoms with Crippen molar-refractivity contribution >= 4 is 28.4 Å². The summed E-state index contributed by atoms with van der Waals surface area (Å²) in [5.74, 6) is -2.04. The van der Waals surface area contributed by atoms with E-state index < -0.39 is 59.9 Å². The monoisotopic (exact) mass is 659 g/mol. The van der Waals surface area contributed by atoms with E-state index in [9.17, 15) is 37.4 Å². The molecule has 47 heavy (non-hydrogen) atoms. The van der Waals surface area contributed by atoms with Crippen molar-refractivity contribution in [3.8, 4) is 11.4 Å². The van der Waals surface area contributed by atoms with E-state index in [1.54, 1.807) is 31.2 Å². The minimum absolute atomic E-state index is 0.136. The first-order chi connectivity index (χ1) is 21.9. The summed E-state index contributed by atoms with van der Waals surface area (Å²) in [4.78, 5) is 24.5. The van der Waals surface area contributed by atoms with Gasteiger partial charge in [-0.1, -0.05) is 19.9 Å². The maximum absolute atomic E-state index is 14.5. The number of aliphatic hydroxyl groups excluding tert-OH is 1. The Morgan fingerprint density at radius 2 is 1.81 bits per heavy atom. The molecule has 4 rings (SSSR count). The van der Waals surface area contributed by atoms with Crippen LogP contribution < -0.4 is 21.1 Å². The molecular formula is C33H37F4N5O5. The van der Waals surface area contributed by atoms with E-state index in [1.165, 1.54) is 57.0 Å². The second-order valence-corrected chi connectivity index (χ2v) is 12.2. The molecule has 1 aromatic heterocycles. The van der Waals surface area contributed by atoms with Crippen LogP contribution in [-0.4, -0.2) is 69.4 Å². The number of aliphatic hydroxyl groups is 2. The van der Waals surface area contributed by atoms with Crippen molar-refractivity contribution in [3.05, 3.63) is 83.3 Å². The Bertz CT molecular complexity index is 1790. The number of hydrogen-bond acceptors (Lipinski definition) is 7. The smallest absolute Gasteiger partial charge is 0.418 e. The quantitative estimate of drug-likeness (QED) is 0.140. The van der Waals surface area contributed by atoms with Crippen molar-refractivity contribution in [2.24, 2.45) is 5.73 Å². The molecule has 0 saturated heterocycles. The summed E-state index contributed by atoms with van der Waals surface area (Å²) in [6.45, 7) is 5.07. The van der Waals surface area contributed by atoms with Crippen LogP contribution in [0.2, 0.25) is 0 Å². The Labute approximate surface area is 268 Å². The number of hydrogen-bond donors (Lipinski definition) is 5. The molecule has 0 fully saturated rings.